The summed E-state index contributed by atoms with van der Waals surface area (Å²) in [6, 6.07) is 13.2. The van der Waals surface area contributed by atoms with Gasteiger partial charge in [0.25, 0.3) is 0 Å². The van der Waals surface area contributed by atoms with E-state index in [0.29, 0.717) is 28.3 Å². The molecule has 8 heteroatoms. The summed E-state index contributed by atoms with van der Waals surface area (Å²) in [7, 11) is 0. The van der Waals surface area contributed by atoms with Crippen molar-refractivity contribution in [3.05, 3.63) is 59.4 Å². The Bertz CT molecular complexity index is 764. The van der Waals surface area contributed by atoms with Gasteiger partial charge in [-0.2, -0.15) is 4.68 Å². The summed E-state index contributed by atoms with van der Waals surface area (Å²) >= 11 is 7.35. The second-order valence-corrected chi connectivity index (χ2v) is 6.00. The molecule has 1 aromatic heterocycles. The number of benzene rings is 2. The summed E-state index contributed by atoms with van der Waals surface area (Å²) in [6.45, 7) is 0.462. The van der Waals surface area contributed by atoms with Gasteiger partial charge in [0.1, 0.15) is 11.6 Å². The topological polar surface area (TPSA) is 52.8 Å². The van der Waals surface area contributed by atoms with Gasteiger partial charge in [0.15, 0.2) is 0 Å². The molecule has 0 atom stereocenters. The van der Waals surface area contributed by atoms with Gasteiger partial charge in [-0.1, -0.05) is 23.4 Å². The van der Waals surface area contributed by atoms with Crippen molar-refractivity contribution in [2.45, 2.75) is 5.16 Å². The average Bonchev–Trinajstić information content (AvgIpc) is 3.02. The maximum absolute atomic E-state index is 12.8. The van der Waals surface area contributed by atoms with E-state index in [1.165, 1.54) is 23.9 Å². The lowest BCUT2D eigenvalue weighted by Gasteiger charge is -2.06. The quantitative estimate of drug-likeness (QED) is 0.502. The van der Waals surface area contributed by atoms with Gasteiger partial charge >= 0.3 is 0 Å². The smallest absolute Gasteiger partial charge is 0.214 e. The summed E-state index contributed by atoms with van der Waals surface area (Å²) in [5, 5.41) is 13.0. The van der Waals surface area contributed by atoms with Gasteiger partial charge in [-0.3, -0.25) is 0 Å². The van der Waals surface area contributed by atoms with Crippen LogP contribution in [0, 0.1) is 5.82 Å². The first-order valence-electron chi connectivity index (χ1n) is 6.78. The maximum atomic E-state index is 12.8. The normalized spacial score (nSPS) is 10.7. The van der Waals surface area contributed by atoms with Gasteiger partial charge in [-0.25, -0.2) is 4.39 Å². The van der Waals surface area contributed by atoms with E-state index in [9.17, 15) is 4.39 Å². The monoisotopic (exact) mass is 350 g/mol. The minimum atomic E-state index is -0.283. The first-order chi connectivity index (χ1) is 11.2. The fourth-order valence-electron chi connectivity index (χ4n) is 1.84. The molecule has 0 N–H and O–H groups in total. The molecule has 5 nitrogen and oxygen atoms in total. The number of halogens is 2. The minimum absolute atomic E-state index is 0.283. The SMILES string of the molecule is Fc1ccc(OCCSc2nnnn2-c2ccc(Cl)cc2)cc1. The Balaban J connectivity index is 1.56. The van der Waals surface area contributed by atoms with Crippen molar-refractivity contribution in [3.8, 4) is 11.4 Å². The highest BCUT2D eigenvalue weighted by molar-refractivity contribution is 7.99. The Morgan fingerprint density at radius 1 is 1.09 bits per heavy atom. The van der Waals surface area contributed by atoms with Crippen molar-refractivity contribution in [1.29, 1.82) is 0 Å². The first-order valence-corrected chi connectivity index (χ1v) is 8.14. The van der Waals surface area contributed by atoms with Crippen LogP contribution in [-0.2, 0) is 0 Å². The van der Waals surface area contributed by atoms with Gasteiger partial charge in [-0.15, -0.1) is 5.10 Å². The molecule has 0 aliphatic heterocycles. The van der Waals surface area contributed by atoms with Crippen LogP contribution in [0.5, 0.6) is 5.75 Å². The van der Waals surface area contributed by atoms with Crippen LogP contribution in [0.1, 0.15) is 0 Å². The number of aromatic nitrogens is 4. The Labute approximate surface area is 141 Å². The fourth-order valence-corrected chi connectivity index (χ4v) is 2.67. The number of hydrogen-bond donors (Lipinski definition) is 0. The summed E-state index contributed by atoms with van der Waals surface area (Å²) in [4.78, 5) is 0. The molecule has 0 amide bonds. The molecule has 0 saturated carbocycles. The number of ether oxygens (including phenoxy) is 1. The van der Waals surface area contributed by atoms with Crippen LogP contribution in [-0.4, -0.2) is 32.6 Å². The average molecular weight is 351 g/mol. The van der Waals surface area contributed by atoms with E-state index in [0.717, 1.165) is 5.69 Å². The molecule has 23 heavy (non-hydrogen) atoms. The summed E-state index contributed by atoms with van der Waals surface area (Å²) in [6.07, 6.45) is 0. The Morgan fingerprint density at radius 2 is 1.83 bits per heavy atom. The zero-order valence-corrected chi connectivity index (χ0v) is 13.5. The number of hydrogen-bond acceptors (Lipinski definition) is 5. The largest absolute Gasteiger partial charge is 0.493 e. The highest BCUT2D eigenvalue weighted by Gasteiger charge is 2.08. The third-order valence-electron chi connectivity index (χ3n) is 2.91. The minimum Gasteiger partial charge on any atom is -0.493 e. The molecule has 0 spiro atoms. The van der Waals surface area contributed by atoms with Gasteiger partial charge in [-0.05, 0) is 59.0 Å². The second kappa shape index (κ2) is 7.43. The maximum Gasteiger partial charge on any atom is 0.214 e. The third kappa shape index (κ3) is 4.20. The molecular weight excluding hydrogens is 339 g/mol. The van der Waals surface area contributed by atoms with E-state index in [2.05, 4.69) is 15.5 Å². The zero-order chi connectivity index (χ0) is 16.1. The van der Waals surface area contributed by atoms with Gasteiger partial charge in [0.05, 0.1) is 12.3 Å². The van der Waals surface area contributed by atoms with Gasteiger partial charge < -0.3 is 4.74 Å². The molecule has 118 valence electrons. The van der Waals surface area contributed by atoms with Crippen LogP contribution in [0.4, 0.5) is 4.39 Å². The van der Waals surface area contributed by atoms with Gasteiger partial charge in [0, 0.05) is 10.8 Å². The summed E-state index contributed by atoms with van der Waals surface area (Å²) in [5.74, 6) is 1.00. The van der Waals surface area contributed by atoms with Crippen molar-refractivity contribution in [2.24, 2.45) is 0 Å². The molecular formula is C15H12ClFN4OS. The first kappa shape index (κ1) is 15.8. The molecule has 1 heterocycles. The zero-order valence-electron chi connectivity index (χ0n) is 11.9. The second-order valence-electron chi connectivity index (χ2n) is 4.50. The van der Waals surface area contributed by atoms with Crippen LogP contribution >= 0.6 is 23.4 Å². The fraction of sp³-hybridized carbons (Fsp3) is 0.133. The summed E-state index contributed by atoms with van der Waals surface area (Å²) < 4.78 is 20.0. The molecule has 3 aromatic rings. The molecule has 2 aromatic carbocycles. The van der Waals surface area contributed by atoms with Crippen molar-refractivity contribution in [1.82, 2.24) is 20.2 Å². The lowest BCUT2D eigenvalue weighted by Crippen LogP contribution is -2.03. The highest BCUT2D eigenvalue weighted by atomic mass is 35.5. The standard InChI is InChI=1S/C15H12ClFN4OS/c16-11-1-5-13(6-2-11)21-15(18-19-20-21)23-10-9-22-14-7-3-12(17)4-8-14/h1-8H,9-10H2. The van der Waals surface area contributed by atoms with Crippen LogP contribution < -0.4 is 4.74 Å². The van der Waals surface area contributed by atoms with E-state index in [1.54, 1.807) is 28.9 Å². The Kier molecular flexibility index (Phi) is 5.09. The van der Waals surface area contributed by atoms with E-state index in [-0.39, 0.29) is 5.82 Å². The number of nitrogens with zero attached hydrogens (tertiary/aromatic N) is 4. The van der Waals surface area contributed by atoms with Crippen molar-refractivity contribution < 1.29 is 9.13 Å². The number of rotatable bonds is 6. The van der Waals surface area contributed by atoms with E-state index in [4.69, 9.17) is 16.3 Å². The predicted molar refractivity (Wildman–Crippen MR) is 86.8 cm³/mol. The van der Waals surface area contributed by atoms with E-state index < -0.39 is 0 Å². The molecule has 0 aliphatic carbocycles. The summed E-state index contributed by atoms with van der Waals surface area (Å²) in [5.41, 5.74) is 0.835. The molecule has 0 saturated heterocycles. The lowest BCUT2D eigenvalue weighted by molar-refractivity contribution is 0.343. The third-order valence-corrected chi connectivity index (χ3v) is 4.04. The number of tetrazole rings is 1. The van der Waals surface area contributed by atoms with Crippen molar-refractivity contribution >= 4 is 23.4 Å². The molecule has 0 unspecified atom stereocenters. The van der Waals surface area contributed by atoms with Crippen LogP contribution in [0.25, 0.3) is 5.69 Å². The Hall–Kier alpha value is -2.12. The Morgan fingerprint density at radius 3 is 2.57 bits per heavy atom. The molecule has 0 aliphatic rings. The van der Waals surface area contributed by atoms with Crippen LogP contribution in [0.3, 0.4) is 0 Å². The predicted octanol–water partition coefficient (Wildman–Crippen LogP) is 3.63. The molecule has 0 radical (unpaired) electrons. The van der Waals surface area contributed by atoms with Crippen LogP contribution in [0.15, 0.2) is 53.7 Å². The van der Waals surface area contributed by atoms with Crippen molar-refractivity contribution in [2.75, 3.05) is 12.4 Å². The molecule has 3 rings (SSSR count). The van der Waals surface area contributed by atoms with Gasteiger partial charge in [0.2, 0.25) is 5.16 Å². The highest BCUT2D eigenvalue weighted by Crippen LogP contribution is 2.20. The molecule has 0 fully saturated rings. The van der Waals surface area contributed by atoms with Crippen molar-refractivity contribution in [3.63, 3.8) is 0 Å². The number of thioether (sulfide) groups is 1. The molecule has 0 bridgehead atoms. The van der Waals surface area contributed by atoms with E-state index in [1.807, 2.05) is 12.1 Å². The lowest BCUT2D eigenvalue weighted by atomic mass is 10.3. The van der Waals surface area contributed by atoms with Crippen LogP contribution in [0.2, 0.25) is 5.02 Å². The van der Waals surface area contributed by atoms with E-state index >= 15 is 0 Å².